The topological polar surface area (TPSA) is 42.0 Å². The normalized spacial score (nSPS) is 9.77. The quantitative estimate of drug-likeness (QED) is 0.800. The smallest absolute Gasteiger partial charge is 0.235 e. The second-order valence-corrected chi connectivity index (χ2v) is 3.76. The number of aromatic nitrogens is 1. The Bertz CT molecular complexity index is 330. The second-order valence-electron chi connectivity index (χ2n) is 2.53. The maximum absolute atomic E-state index is 11.0. The summed E-state index contributed by atoms with van der Waals surface area (Å²) in [4.78, 5) is 15.0. The lowest BCUT2D eigenvalue weighted by atomic mass is 10.3. The van der Waals surface area contributed by atoms with Crippen molar-refractivity contribution in [1.82, 2.24) is 4.98 Å². The molecule has 0 saturated carbocycles. The Balaban J connectivity index is 2.83. The van der Waals surface area contributed by atoms with Crippen LogP contribution in [0.5, 0.6) is 0 Å². The van der Waals surface area contributed by atoms with Crippen LogP contribution >= 0.6 is 28.6 Å². The van der Waals surface area contributed by atoms with E-state index in [-0.39, 0.29) is 11.7 Å². The van der Waals surface area contributed by atoms with Gasteiger partial charge in [0, 0.05) is 10.7 Å². The van der Waals surface area contributed by atoms with E-state index in [9.17, 15) is 4.79 Å². The van der Waals surface area contributed by atoms with Crippen molar-refractivity contribution >= 4 is 40.3 Å². The van der Waals surface area contributed by atoms with Gasteiger partial charge >= 0.3 is 0 Å². The van der Waals surface area contributed by atoms with Crippen LogP contribution in [0.15, 0.2) is 16.7 Å². The molecule has 1 aromatic rings. The lowest BCUT2D eigenvalue weighted by molar-refractivity contribution is -0.113. The fraction of sp³-hybridized carbons (Fsp3) is 0.250. The maximum Gasteiger partial charge on any atom is 0.235 e. The summed E-state index contributed by atoms with van der Waals surface area (Å²) in [6.07, 6.45) is 1.64. The van der Waals surface area contributed by atoms with E-state index in [1.165, 1.54) is 0 Å². The van der Waals surface area contributed by atoms with E-state index >= 15 is 0 Å². The number of halogens is 1. The Morgan fingerprint density at radius 1 is 1.77 bits per heavy atom. The zero-order valence-corrected chi connectivity index (χ0v) is 9.52. The zero-order valence-electron chi connectivity index (χ0n) is 7.04. The molecule has 3 nitrogen and oxygen atoms in total. The molecule has 13 heavy (non-hydrogen) atoms. The summed E-state index contributed by atoms with van der Waals surface area (Å²) in [7, 11) is 0. The van der Waals surface area contributed by atoms with Crippen LogP contribution in [0.25, 0.3) is 0 Å². The molecule has 0 aromatic carbocycles. The van der Waals surface area contributed by atoms with Crippen LogP contribution in [0, 0.1) is 6.92 Å². The van der Waals surface area contributed by atoms with Gasteiger partial charge in [-0.2, -0.15) is 12.6 Å². The van der Waals surface area contributed by atoms with E-state index < -0.39 is 0 Å². The standard InChI is InChI=1S/C8H9BrN2OS/c1-5-2-6(9)3-10-8(5)11-7(12)4-13/h2-3,13H,4H2,1H3,(H,10,11,12). The van der Waals surface area contributed by atoms with Crippen molar-refractivity contribution in [3.8, 4) is 0 Å². The SMILES string of the molecule is Cc1cc(Br)cnc1NC(=O)CS. The van der Waals surface area contributed by atoms with Gasteiger partial charge in [0.15, 0.2) is 0 Å². The van der Waals surface area contributed by atoms with Gasteiger partial charge in [0.1, 0.15) is 5.82 Å². The number of nitrogens with one attached hydrogen (secondary N) is 1. The average molecular weight is 261 g/mol. The Labute approximate surface area is 90.5 Å². The van der Waals surface area contributed by atoms with Crippen molar-refractivity contribution in [2.24, 2.45) is 0 Å². The van der Waals surface area contributed by atoms with Crippen LogP contribution in [-0.2, 0) is 4.79 Å². The van der Waals surface area contributed by atoms with Crippen LogP contribution < -0.4 is 5.32 Å². The van der Waals surface area contributed by atoms with Crippen LogP contribution in [0.1, 0.15) is 5.56 Å². The minimum Gasteiger partial charge on any atom is -0.310 e. The molecule has 0 radical (unpaired) electrons. The molecule has 1 aromatic heterocycles. The summed E-state index contributed by atoms with van der Waals surface area (Å²) < 4.78 is 0.897. The molecule has 0 spiro atoms. The van der Waals surface area contributed by atoms with E-state index in [1.807, 2.05) is 13.0 Å². The van der Waals surface area contributed by atoms with Gasteiger partial charge in [-0.3, -0.25) is 4.79 Å². The van der Waals surface area contributed by atoms with E-state index in [0.717, 1.165) is 10.0 Å². The van der Waals surface area contributed by atoms with Gasteiger partial charge < -0.3 is 5.32 Å². The molecule has 0 atom stereocenters. The van der Waals surface area contributed by atoms with E-state index in [1.54, 1.807) is 6.20 Å². The van der Waals surface area contributed by atoms with Gasteiger partial charge in [0.05, 0.1) is 5.75 Å². The molecule has 0 unspecified atom stereocenters. The third-order valence-corrected chi connectivity index (χ3v) is 2.17. The number of thiol groups is 1. The number of carbonyl (C=O) groups is 1. The first-order valence-corrected chi connectivity index (χ1v) is 5.09. The number of anilines is 1. The number of aryl methyl sites for hydroxylation is 1. The third-order valence-electron chi connectivity index (χ3n) is 1.45. The molecule has 70 valence electrons. The van der Waals surface area contributed by atoms with Crippen molar-refractivity contribution in [2.75, 3.05) is 11.1 Å². The third kappa shape index (κ3) is 3.00. The first-order valence-electron chi connectivity index (χ1n) is 3.66. The highest BCUT2D eigenvalue weighted by atomic mass is 79.9. The van der Waals surface area contributed by atoms with Crippen LogP contribution in [-0.4, -0.2) is 16.6 Å². The van der Waals surface area contributed by atoms with Crippen LogP contribution in [0.3, 0.4) is 0 Å². The Hall–Kier alpha value is -0.550. The highest BCUT2D eigenvalue weighted by Gasteiger charge is 2.03. The Kier molecular flexibility index (Phi) is 3.74. The highest BCUT2D eigenvalue weighted by Crippen LogP contribution is 2.16. The minimum atomic E-state index is -0.152. The highest BCUT2D eigenvalue weighted by molar-refractivity contribution is 9.10. The summed E-state index contributed by atoms with van der Waals surface area (Å²) in [6.45, 7) is 1.88. The summed E-state index contributed by atoms with van der Waals surface area (Å²) in [5, 5.41) is 2.64. The monoisotopic (exact) mass is 260 g/mol. The molecular formula is C8H9BrN2OS. The number of amides is 1. The number of nitrogens with zero attached hydrogens (tertiary/aromatic N) is 1. The summed E-state index contributed by atoms with van der Waals surface area (Å²) >= 11 is 7.14. The number of hydrogen-bond acceptors (Lipinski definition) is 3. The molecule has 0 aliphatic heterocycles. The number of pyridine rings is 1. The summed E-state index contributed by atoms with van der Waals surface area (Å²) in [5.41, 5.74) is 0.921. The van der Waals surface area contributed by atoms with Gasteiger partial charge in [-0.25, -0.2) is 4.98 Å². The summed E-state index contributed by atoms with van der Waals surface area (Å²) in [5.74, 6) is 0.598. The van der Waals surface area contributed by atoms with Gasteiger partial charge in [0.25, 0.3) is 0 Å². The van der Waals surface area contributed by atoms with Crippen molar-refractivity contribution in [1.29, 1.82) is 0 Å². The van der Waals surface area contributed by atoms with Crippen molar-refractivity contribution in [3.05, 3.63) is 22.3 Å². The zero-order chi connectivity index (χ0) is 9.84. The molecule has 0 saturated heterocycles. The Morgan fingerprint density at radius 2 is 2.46 bits per heavy atom. The first-order chi connectivity index (χ1) is 6.13. The van der Waals surface area contributed by atoms with E-state index in [0.29, 0.717) is 5.82 Å². The van der Waals surface area contributed by atoms with Crippen LogP contribution in [0.4, 0.5) is 5.82 Å². The molecule has 0 fully saturated rings. The summed E-state index contributed by atoms with van der Waals surface area (Å²) in [6, 6.07) is 1.89. The fourth-order valence-electron chi connectivity index (χ4n) is 0.843. The first kappa shape index (κ1) is 10.5. The average Bonchev–Trinajstić information content (AvgIpc) is 2.09. The van der Waals surface area contributed by atoms with Gasteiger partial charge in [0.2, 0.25) is 5.91 Å². The van der Waals surface area contributed by atoms with Crippen molar-refractivity contribution in [2.45, 2.75) is 6.92 Å². The second kappa shape index (κ2) is 4.62. The Morgan fingerprint density at radius 3 is 3.00 bits per heavy atom. The molecule has 0 bridgehead atoms. The fourth-order valence-corrected chi connectivity index (χ4v) is 1.37. The van der Waals surface area contributed by atoms with E-state index in [4.69, 9.17) is 0 Å². The van der Waals surface area contributed by atoms with Gasteiger partial charge in [-0.15, -0.1) is 0 Å². The molecule has 0 aliphatic carbocycles. The predicted octanol–water partition coefficient (Wildman–Crippen LogP) is 2.02. The predicted molar refractivity (Wildman–Crippen MR) is 59.2 cm³/mol. The number of hydrogen-bond donors (Lipinski definition) is 2. The molecule has 1 N–H and O–H groups in total. The molecule has 1 amide bonds. The molecule has 0 aliphatic rings. The van der Waals surface area contributed by atoms with Crippen molar-refractivity contribution < 1.29 is 4.79 Å². The van der Waals surface area contributed by atoms with Crippen molar-refractivity contribution in [3.63, 3.8) is 0 Å². The van der Waals surface area contributed by atoms with Gasteiger partial charge in [-0.1, -0.05) is 0 Å². The van der Waals surface area contributed by atoms with Gasteiger partial charge in [-0.05, 0) is 34.5 Å². The number of carbonyl (C=O) groups excluding carboxylic acids is 1. The maximum atomic E-state index is 11.0. The number of rotatable bonds is 2. The largest absolute Gasteiger partial charge is 0.310 e. The lowest BCUT2D eigenvalue weighted by Crippen LogP contribution is -2.14. The van der Waals surface area contributed by atoms with Crippen LogP contribution in [0.2, 0.25) is 0 Å². The molecule has 1 heterocycles. The molecule has 1 rings (SSSR count). The lowest BCUT2D eigenvalue weighted by Gasteiger charge is -2.05. The minimum absolute atomic E-state index is 0.152. The molecular weight excluding hydrogens is 252 g/mol. The molecule has 5 heteroatoms. The van der Waals surface area contributed by atoms with E-state index in [2.05, 4.69) is 38.9 Å².